The number of rotatable bonds is 3. The summed E-state index contributed by atoms with van der Waals surface area (Å²) in [6, 6.07) is 2.74. The van der Waals surface area contributed by atoms with E-state index in [0.717, 1.165) is 5.56 Å². The van der Waals surface area contributed by atoms with Crippen molar-refractivity contribution in [2.75, 3.05) is 0 Å². The van der Waals surface area contributed by atoms with E-state index in [1.807, 2.05) is 0 Å². The number of amides is 1. The van der Waals surface area contributed by atoms with Crippen molar-refractivity contribution in [2.24, 2.45) is 11.5 Å². The van der Waals surface area contributed by atoms with E-state index in [9.17, 15) is 4.79 Å². The molecular weight excluding hydrogens is 190 g/mol. The van der Waals surface area contributed by atoms with Crippen molar-refractivity contribution in [3.05, 3.63) is 29.0 Å². The van der Waals surface area contributed by atoms with Crippen molar-refractivity contribution in [3.63, 3.8) is 0 Å². The SMILES string of the molecule is NC(=O)C(N)Cc1ccc(Cl)nc1. The minimum Gasteiger partial charge on any atom is -0.368 e. The number of hydrogen-bond donors (Lipinski definition) is 2. The number of aromatic nitrogens is 1. The van der Waals surface area contributed by atoms with Crippen molar-refractivity contribution < 1.29 is 4.79 Å². The van der Waals surface area contributed by atoms with Gasteiger partial charge in [-0.1, -0.05) is 17.7 Å². The van der Waals surface area contributed by atoms with Crippen LogP contribution in [0.4, 0.5) is 0 Å². The van der Waals surface area contributed by atoms with E-state index in [1.54, 1.807) is 18.3 Å². The second-order valence-corrected chi connectivity index (χ2v) is 3.09. The lowest BCUT2D eigenvalue weighted by Gasteiger charge is -2.06. The molecule has 4 nitrogen and oxygen atoms in total. The smallest absolute Gasteiger partial charge is 0.234 e. The topological polar surface area (TPSA) is 82.0 Å². The number of carbonyl (C=O) groups is 1. The molecule has 1 aromatic heterocycles. The summed E-state index contributed by atoms with van der Waals surface area (Å²) in [7, 11) is 0. The van der Waals surface area contributed by atoms with Crippen molar-refractivity contribution in [1.82, 2.24) is 4.98 Å². The van der Waals surface area contributed by atoms with Crippen LogP contribution >= 0.6 is 11.6 Å². The molecule has 1 aromatic rings. The number of primary amides is 1. The second-order valence-electron chi connectivity index (χ2n) is 2.70. The number of halogens is 1. The molecule has 0 aliphatic carbocycles. The summed E-state index contributed by atoms with van der Waals surface area (Å²) < 4.78 is 0. The Kier molecular flexibility index (Phi) is 3.22. The molecule has 0 bridgehead atoms. The highest BCUT2D eigenvalue weighted by Crippen LogP contribution is 2.06. The largest absolute Gasteiger partial charge is 0.368 e. The molecule has 0 radical (unpaired) electrons. The summed E-state index contributed by atoms with van der Waals surface area (Å²) in [5.41, 5.74) is 11.3. The van der Waals surface area contributed by atoms with Gasteiger partial charge in [-0.25, -0.2) is 4.98 Å². The molecule has 0 saturated heterocycles. The van der Waals surface area contributed by atoms with Gasteiger partial charge in [0.1, 0.15) is 5.15 Å². The lowest BCUT2D eigenvalue weighted by atomic mass is 10.1. The standard InChI is InChI=1S/C8H10ClN3O/c9-7-2-1-5(4-12-7)3-6(10)8(11)13/h1-2,4,6H,3,10H2,(H2,11,13). The first-order valence-electron chi connectivity index (χ1n) is 3.75. The maximum atomic E-state index is 10.6. The molecular formula is C8H10ClN3O. The van der Waals surface area contributed by atoms with Crippen LogP contribution in [0.25, 0.3) is 0 Å². The highest BCUT2D eigenvalue weighted by Gasteiger charge is 2.09. The molecule has 4 N–H and O–H groups in total. The fourth-order valence-corrected chi connectivity index (χ4v) is 0.994. The Balaban J connectivity index is 2.64. The molecule has 1 heterocycles. The second kappa shape index (κ2) is 4.20. The summed E-state index contributed by atoms with van der Waals surface area (Å²) in [6.45, 7) is 0. The first-order chi connectivity index (χ1) is 6.09. The predicted molar refractivity (Wildman–Crippen MR) is 50.1 cm³/mol. The van der Waals surface area contributed by atoms with Crippen molar-refractivity contribution in [1.29, 1.82) is 0 Å². The molecule has 0 saturated carbocycles. The van der Waals surface area contributed by atoms with Crippen LogP contribution in [-0.4, -0.2) is 16.9 Å². The van der Waals surface area contributed by atoms with Gasteiger partial charge in [0.05, 0.1) is 6.04 Å². The van der Waals surface area contributed by atoms with E-state index in [2.05, 4.69) is 4.98 Å². The maximum absolute atomic E-state index is 10.6. The normalized spacial score (nSPS) is 12.5. The van der Waals surface area contributed by atoms with Gasteiger partial charge in [0.2, 0.25) is 5.91 Å². The molecule has 70 valence electrons. The molecule has 13 heavy (non-hydrogen) atoms. The van der Waals surface area contributed by atoms with Crippen LogP contribution in [0.2, 0.25) is 5.15 Å². The molecule has 0 spiro atoms. The van der Waals surface area contributed by atoms with E-state index < -0.39 is 11.9 Å². The number of nitrogens with zero attached hydrogens (tertiary/aromatic N) is 1. The molecule has 0 aliphatic heterocycles. The Morgan fingerprint density at radius 1 is 1.62 bits per heavy atom. The van der Waals surface area contributed by atoms with Gasteiger partial charge in [-0.15, -0.1) is 0 Å². The highest BCUT2D eigenvalue weighted by atomic mass is 35.5. The monoisotopic (exact) mass is 199 g/mol. The van der Waals surface area contributed by atoms with E-state index in [4.69, 9.17) is 23.1 Å². The predicted octanol–water partition coefficient (Wildman–Crippen LogP) is 0.0901. The van der Waals surface area contributed by atoms with Crippen LogP contribution in [0, 0.1) is 0 Å². The number of pyridine rings is 1. The number of nitrogens with two attached hydrogens (primary N) is 2. The molecule has 0 aliphatic rings. The van der Waals surface area contributed by atoms with E-state index in [1.165, 1.54) is 0 Å². The first-order valence-corrected chi connectivity index (χ1v) is 4.12. The van der Waals surface area contributed by atoms with Crippen LogP contribution in [0.1, 0.15) is 5.56 Å². The summed E-state index contributed by atoms with van der Waals surface area (Å²) in [5.74, 6) is -0.519. The van der Waals surface area contributed by atoms with Gasteiger partial charge in [-0.2, -0.15) is 0 Å². The van der Waals surface area contributed by atoms with Gasteiger partial charge in [0, 0.05) is 6.20 Å². The van der Waals surface area contributed by atoms with Crippen LogP contribution in [-0.2, 0) is 11.2 Å². The molecule has 1 atom stereocenters. The maximum Gasteiger partial charge on any atom is 0.234 e. The minimum absolute atomic E-state index is 0.388. The summed E-state index contributed by atoms with van der Waals surface area (Å²) in [5, 5.41) is 0.413. The van der Waals surface area contributed by atoms with Crippen LogP contribution < -0.4 is 11.5 Å². The van der Waals surface area contributed by atoms with E-state index in [-0.39, 0.29) is 0 Å². The molecule has 0 aromatic carbocycles. The van der Waals surface area contributed by atoms with Crippen molar-refractivity contribution >= 4 is 17.5 Å². The van der Waals surface area contributed by atoms with E-state index >= 15 is 0 Å². The molecule has 1 amide bonds. The third-order valence-corrected chi connectivity index (χ3v) is 1.83. The number of carbonyl (C=O) groups excluding carboxylic acids is 1. The van der Waals surface area contributed by atoms with Crippen LogP contribution in [0.3, 0.4) is 0 Å². The zero-order chi connectivity index (χ0) is 9.84. The Labute approximate surface area is 80.9 Å². The van der Waals surface area contributed by atoms with Crippen LogP contribution in [0.5, 0.6) is 0 Å². The zero-order valence-corrected chi connectivity index (χ0v) is 7.66. The quantitative estimate of drug-likeness (QED) is 0.677. The molecule has 0 fully saturated rings. The van der Waals surface area contributed by atoms with Crippen molar-refractivity contribution in [2.45, 2.75) is 12.5 Å². The third-order valence-electron chi connectivity index (χ3n) is 1.61. The fraction of sp³-hybridized carbons (Fsp3) is 0.250. The Hall–Kier alpha value is -1.13. The Morgan fingerprint density at radius 3 is 2.77 bits per heavy atom. The van der Waals surface area contributed by atoms with Crippen molar-refractivity contribution in [3.8, 4) is 0 Å². The number of hydrogen-bond acceptors (Lipinski definition) is 3. The lowest BCUT2D eigenvalue weighted by Crippen LogP contribution is -2.38. The van der Waals surface area contributed by atoms with Crippen LogP contribution in [0.15, 0.2) is 18.3 Å². The molecule has 1 unspecified atom stereocenters. The van der Waals surface area contributed by atoms with Gasteiger partial charge in [-0.05, 0) is 18.1 Å². The Bertz CT molecular complexity index is 299. The molecule has 1 rings (SSSR count). The first kappa shape index (κ1) is 9.95. The fourth-order valence-electron chi connectivity index (χ4n) is 0.882. The minimum atomic E-state index is -0.664. The third kappa shape index (κ3) is 3.01. The zero-order valence-electron chi connectivity index (χ0n) is 6.90. The Morgan fingerprint density at radius 2 is 2.31 bits per heavy atom. The average Bonchev–Trinajstić information content (AvgIpc) is 2.08. The molecule has 5 heteroatoms. The van der Waals surface area contributed by atoms with Gasteiger partial charge < -0.3 is 11.5 Å². The highest BCUT2D eigenvalue weighted by molar-refractivity contribution is 6.29. The summed E-state index contributed by atoms with van der Waals surface area (Å²) >= 11 is 5.58. The average molecular weight is 200 g/mol. The van der Waals surface area contributed by atoms with Gasteiger partial charge >= 0.3 is 0 Å². The van der Waals surface area contributed by atoms with Gasteiger partial charge in [0.15, 0.2) is 0 Å². The van der Waals surface area contributed by atoms with E-state index in [0.29, 0.717) is 11.6 Å². The van der Waals surface area contributed by atoms with Gasteiger partial charge in [0.25, 0.3) is 0 Å². The van der Waals surface area contributed by atoms with Gasteiger partial charge in [-0.3, -0.25) is 4.79 Å². The summed E-state index contributed by atoms with van der Waals surface area (Å²) in [6.07, 6.45) is 1.96. The lowest BCUT2D eigenvalue weighted by molar-refractivity contribution is -0.119. The summed E-state index contributed by atoms with van der Waals surface area (Å²) in [4.78, 5) is 14.5.